The van der Waals surface area contributed by atoms with E-state index in [2.05, 4.69) is 5.32 Å². The van der Waals surface area contributed by atoms with E-state index in [4.69, 9.17) is 14.6 Å². The number of rotatable bonds is 7. The quantitative estimate of drug-likeness (QED) is 0.736. The van der Waals surface area contributed by atoms with E-state index in [0.29, 0.717) is 19.6 Å². The number of hydrogen-bond donors (Lipinski definition) is 2. The van der Waals surface area contributed by atoms with Gasteiger partial charge in [-0.1, -0.05) is 6.07 Å². The molecule has 6 heteroatoms. The second kappa shape index (κ2) is 8.23. The van der Waals surface area contributed by atoms with Crippen LogP contribution >= 0.6 is 0 Å². The van der Waals surface area contributed by atoms with Crippen molar-refractivity contribution in [3.8, 4) is 5.75 Å². The highest BCUT2D eigenvalue weighted by Crippen LogP contribution is 2.37. The minimum Gasteiger partial charge on any atom is -0.494 e. The number of aliphatic carboxylic acids is 1. The lowest BCUT2D eigenvalue weighted by atomic mass is 9.98. The monoisotopic (exact) mass is 349 g/mol. The SMILES string of the molecule is CC(C)(C)OC(=O)NCCCOc1ccc2c(c1)CC[C@H]2CC(=O)O. The zero-order chi connectivity index (χ0) is 18.4. The number of carboxylic acids is 1. The highest BCUT2D eigenvalue weighted by atomic mass is 16.6. The molecule has 6 nitrogen and oxygen atoms in total. The van der Waals surface area contributed by atoms with Crippen LogP contribution in [0.3, 0.4) is 0 Å². The maximum Gasteiger partial charge on any atom is 0.407 e. The molecule has 0 unspecified atom stereocenters. The van der Waals surface area contributed by atoms with Crippen LogP contribution in [0.4, 0.5) is 4.79 Å². The summed E-state index contributed by atoms with van der Waals surface area (Å²) in [5.74, 6) is 0.141. The predicted octanol–water partition coefficient (Wildman–Crippen LogP) is 3.48. The van der Waals surface area contributed by atoms with Gasteiger partial charge in [-0.3, -0.25) is 4.79 Å². The largest absolute Gasteiger partial charge is 0.494 e. The van der Waals surface area contributed by atoms with Crippen molar-refractivity contribution in [3.63, 3.8) is 0 Å². The summed E-state index contributed by atoms with van der Waals surface area (Å²) in [5, 5.41) is 11.7. The molecule has 2 rings (SSSR count). The Morgan fingerprint density at radius 2 is 2.08 bits per heavy atom. The Kier molecular flexibility index (Phi) is 6.28. The first-order chi connectivity index (χ1) is 11.7. The van der Waals surface area contributed by atoms with E-state index in [1.807, 2.05) is 39.0 Å². The molecule has 1 aromatic carbocycles. The van der Waals surface area contributed by atoms with Crippen LogP contribution in [-0.2, 0) is 16.0 Å². The molecule has 0 heterocycles. The van der Waals surface area contributed by atoms with Crippen molar-refractivity contribution in [2.24, 2.45) is 0 Å². The molecule has 0 bridgehead atoms. The van der Waals surface area contributed by atoms with Gasteiger partial charge in [0, 0.05) is 6.54 Å². The van der Waals surface area contributed by atoms with Gasteiger partial charge < -0.3 is 19.9 Å². The van der Waals surface area contributed by atoms with Crippen molar-refractivity contribution in [3.05, 3.63) is 29.3 Å². The first kappa shape index (κ1) is 19.1. The Bertz CT molecular complexity index is 621. The maximum absolute atomic E-state index is 11.5. The number of hydrogen-bond acceptors (Lipinski definition) is 4. The van der Waals surface area contributed by atoms with Gasteiger partial charge in [0.05, 0.1) is 13.0 Å². The van der Waals surface area contributed by atoms with E-state index in [0.717, 1.165) is 24.2 Å². The summed E-state index contributed by atoms with van der Waals surface area (Å²) < 4.78 is 10.9. The molecule has 0 saturated heterocycles. The molecule has 138 valence electrons. The first-order valence-corrected chi connectivity index (χ1v) is 8.69. The van der Waals surface area contributed by atoms with E-state index in [9.17, 15) is 9.59 Å². The van der Waals surface area contributed by atoms with E-state index in [-0.39, 0.29) is 12.3 Å². The lowest BCUT2D eigenvalue weighted by Crippen LogP contribution is -2.33. The first-order valence-electron chi connectivity index (χ1n) is 8.69. The van der Waals surface area contributed by atoms with Crippen molar-refractivity contribution in [1.29, 1.82) is 0 Å². The highest BCUT2D eigenvalue weighted by molar-refractivity contribution is 5.68. The van der Waals surface area contributed by atoms with Gasteiger partial charge in [0.1, 0.15) is 11.4 Å². The van der Waals surface area contributed by atoms with Crippen molar-refractivity contribution in [2.45, 2.75) is 58.0 Å². The molecule has 0 saturated carbocycles. The summed E-state index contributed by atoms with van der Waals surface area (Å²) in [6.07, 6.45) is 2.21. The van der Waals surface area contributed by atoms with Gasteiger partial charge in [-0.15, -0.1) is 0 Å². The number of carbonyl (C=O) groups is 2. The summed E-state index contributed by atoms with van der Waals surface area (Å²) in [6, 6.07) is 5.86. The Balaban J connectivity index is 1.72. The summed E-state index contributed by atoms with van der Waals surface area (Å²) in [4.78, 5) is 22.4. The van der Waals surface area contributed by atoms with Crippen LogP contribution in [-0.4, -0.2) is 35.9 Å². The second-order valence-electron chi connectivity index (χ2n) is 7.32. The van der Waals surface area contributed by atoms with E-state index in [1.165, 1.54) is 5.56 Å². The Morgan fingerprint density at radius 3 is 2.76 bits per heavy atom. The number of alkyl carbamates (subject to hydrolysis) is 1. The van der Waals surface area contributed by atoms with E-state index < -0.39 is 17.7 Å². The molecule has 1 aliphatic rings. The minimum atomic E-state index is -0.754. The molecule has 0 fully saturated rings. The lowest BCUT2D eigenvalue weighted by molar-refractivity contribution is -0.137. The Hall–Kier alpha value is -2.24. The number of nitrogens with one attached hydrogen (secondary N) is 1. The number of ether oxygens (including phenoxy) is 2. The smallest absolute Gasteiger partial charge is 0.407 e. The fraction of sp³-hybridized carbons (Fsp3) is 0.579. The van der Waals surface area contributed by atoms with Gasteiger partial charge in [0.25, 0.3) is 0 Å². The van der Waals surface area contributed by atoms with Crippen LogP contribution in [0.15, 0.2) is 18.2 Å². The van der Waals surface area contributed by atoms with Gasteiger partial charge >= 0.3 is 12.1 Å². The molecule has 1 atom stereocenters. The van der Waals surface area contributed by atoms with E-state index >= 15 is 0 Å². The average Bonchev–Trinajstić information content (AvgIpc) is 2.87. The maximum atomic E-state index is 11.5. The number of fused-ring (bicyclic) bond motifs is 1. The number of carbonyl (C=O) groups excluding carboxylic acids is 1. The Labute approximate surface area is 148 Å². The number of benzene rings is 1. The molecule has 1 amide bonds. The number of carboxylic acid groups (broad SMARTS) is 1. The molecular weight excluding hydrogens is 322 g/mol. The van der Waals surface area contributed by atoms with Gasteiger partial charge in [-0.2, -0.15) is 0 Å². The molecule has 2 N–H and O–H groups in total. The summed E-state index contributed by atoms with van der Waals surface area (Å²) in [5.41, 5.74) is 1.81. The van der Waals surface area contributed by atoms with Gasteiger partial charge in [-0.05, 0) is 69.2 Å². The third kappa shape index (κ3) is 6.29. The number of amides is 1. The van der Waals surface area contributed by atoms with Crippen LogP contribution in [0.25, 0.3) is 0 Å². The molecule has 0 spiro atoms. The normalized spacial score (nSPS) is 16.2. The van der Waals surface area contributed by atoms with Crippen LogP contribution in [0, 0.1) is 0 Å². The summed E-state index contributed by atoms with van der Waals surface area (Å²) in [7, 11) is 0. The van der Waals surface area contributed by atoms with Gasteiger partial charge in [0.2, 0.25) is 0 Å². The minimum absolute atomic E-state index is 0.111. The second-order valence-corrected chi connectivity index (χ2v) is 7.32. The molecule has 0 aliphatic heterocycles. The van der Waals surface area contributed by atoms with Crippen molar-refractivity contribution in [1.82, 2.24) is 5.32 Å². The summed E-state index contributed by atoms with van der Waals surface area (Å²) in [6.45, 7) is 6.45. The molecular formula is C19H27NO5. The fourth-order valence-corrected chi connectivity index (χ4v) is 2.96. The van der Waals surface area contributed by atoms with Crippen LogP contribution in [0.2, 0.25) is 0 Å². The molecule has 1 aliphatic carbocycles. The molecule has 0 aromatic heterocycles. The van der Waals surface area contributed by atoms with Crippen LogP contribution in [0.1, 0.15) is 57.1 Å². The molecule has 0 radical (unpaired) electrons. The van der Waals surface area contributed by atoms with Gasteiger partial charge in [-0.25, -0.2) is 4.79 Å². The third-order valence-electron chi connectivity index (χ3n) is 4.00. The predicted molar refractivity (Wildman–Crippen MR) is 94.1 cm³/mol. The highest BCUT2D eigenvalue weighted by Gasteiger charge is 2.24. The average molecular weight is 349 g/mol. The number of aryl methyl sites for hydroxylation is 1. The topological polar surface area (TPSA) is 84.9 Å². The fourth-order valence-electron chi connectivity index (χ4n) is 2.96. The van der Waals surface area contributed by atoms with Crippen molar-refractivity contribution in [2.75, 3.05) is 13.2 Å². The Morgan fingerprint density at radius 1 is 1.32 bits per heavy atom. The zero-order valence-corrected chi connectivity index (χ0v) is 15.1. The zero-order valence-electron chi connectivity index (χ0n) is 15.1. The van der Waals surface area contributed by atoms with Crippen molar-refractivity contribution < 1.29 is 24.2 Å². The van der Waals surface area contributed by atoms with Crippen molar-refractivity contribution >= 4 is 12.1 Å². The molecule has 25 heavy (non-hydrogen) atoms. The standard InChI is InChI=1S/C19H27NO5/c1-19(2,3)25-18(23)20-9-4-10-24-15-7-8-16-13(11-15)5-6-14(16)12-17(21)22/h7-8,11,14H,4-6,9-10,12H2,1-3H3,(H,20,23)(H,21,22)/t14-/m0/s1. The third-order valence-corrected chi connectivity index (χ3v) is 4.00. The summed E-state index contributed by atoms with van der Waals surface area (Å²) >= 11 is 0. The van der Waals surface area contributed by atoms with Crippen LogP contribution < -0.4 is 10.1 Å². The van der Waals surface area contributed by atoms with E-state index in [1.54, 1.807) is 0 Å². The van der Waals surface area contributed by atoms with Crippen LogP contribution in [0.5, 0.6) is 5.75 Å². The lowest BCUT2D eigenvalue weighted by Gasteiger charge is -2.19. The molecule has 1 aromatic rings. The van der Waals surface area contributed by atoms with Gasteiger partial charge in [0.15, 0.2) is 0 Å².